The van der Waals surface area contributed by atoms with Crippen LogP contribution in [0.15, 0.2) is 249 Å². The molecule has 0 N–H and O–H groups in total. The molecule has 2 heterocycles. The van der Waals surface area contributed by atoms with Crippen molar-refractivity contribution in [1.29, 1.82) is 0 Å². The summed E-state index contributed by atoms with van der Waals surface area (Å²) in [6.07, 6.45) is 2.37. The summed E-state index contributed by atoms with van der Waals surface area (Å²) in [4.78, 5) is 2.50. The Balaban J connectivity index is 1.13. The molecule has 0 amide bonds. The van der Waals surface area contributed by atoms with E-state index >= 15 is 0 Å². The minimum atomic E-state index is 1.10. The topological polar surface area (TPSA) is 8.17 Å². The number of aromatic nitrogens is 1. The lowest BCUT2D eigenvalue weighted by atomic mass is 9.90. The molecule has 314 valence electrons. The molecule has 2 nitrogen and oxygen atoms in total. The summed E-state index contributed by atoms with van der Waals surface area (Å²) in [7, 11) is 0. The van der Waals surface area contributed by atoms with Gasteiger partial charge >= 0.3 is 0 Å². The lowest BCUT2D eigenvalue weighted by Crippen LogP contribution is -2.11. The molecule has 0 saturated heterocycles. The number of benzene rings is 11. The molecule has 0 atom stereocenters. The van der Waals surface area contributed by atoms with Gasteiger partial charge in [-0.25, -0.2) is 0 Å². The highest BCUT2D eigenvalue weighted by atomic mass is 32.1. The van der Waals surface area contributed by atoms with E-state index in [1.54, 1.807) is 0 Å². The first-order valence-corrected chi connectivity index (χ1v) is 23.7. The number of fused-ring (bicyclic) bond motifs is 8. The lowest BCUT2D eigenvalue weighted by Gasteiger charge is -2.28. The summed E-state index contributed by atoms with van der Waals surface area (Å²) in [6, 6.07) is 90.9. The van der Waals surface area contributed by atoms with Gasteiger partial charge in [0.05, 0.1) is 27.1 Å². The zero-order valence-corrected chi connectivity index (χ0v) is 37.4. The monoisotopic (exact) mass is 870 g/mol. The van der Waals surface area contributed by atoms with E-state index < -0.39 is 0 Å². The number of anilines is 3. The molecule has 0 unspecified atom stereocenters. The second kappa shape index (κ2) is 16.2. The maximum absolute atomic E-state index is 2.50. The highest BCUT2D eigenvalue weighted by Gasteiger charge is 2.24. The molecule has 0 aliphatic heterocycles. The minimum Gasteiger partial charge on any atom is -0.309 e. The first kappa shape index (κ1) is 38.9. The van der Waals surface area contributed by atoms with Gasteiger partial charge in [-0.05, 0) is 110 Å². The third-order valence-corrected chi connectivity index (χ3v) is 14.6. The van der Waals surface area contributed by atoms with Crippen LogP contribution in [0.25, 0.3) is 92.0 Å². The third-order valence-electron chi connectivity index (χ3n) is 13.3. The molecule has 2 aromatic heterocycles. The smallest absolute Gasteiger partial charge is 0.0646 e. The van der Waals surface area contributed by atoms with E-state index in [1.165, 1.54) is 85.8 Å². The largest absolute Gasteiger partial charge is 0.309 e. The van der Waals surface area contributed by atoms with Crippen molar-refractivity contribution < 1.29 is 0 Å². The Morgan fingerprint density at radius 3 is 1.82 bits per heavy atom. The van der Waals surface area contributed by atoms with Crippen LogP contribution in [0.4, 0.5) is 17.1 Å². The number of hydrogen-bond donors (Lipinski definition) is 0. The van der Waals surface area contributed by atoms with Crippen molar-refractivity contribution in [1.82, 2.24) is 4.57 Å². The average molecular weight is 871 g/mol. The predicted octanol–water partition coefficient (Wildman–Crippen LogP) is 18.2. The molecule has 0 spiro atoms. The zero-order chi connectivity index (χ0) is 44.3. The van der Waals surface area contributed by atoms with Crippen molar-refractivity contribution in [2.24, 2.45) is 0 Å². The molecule has 13 aromatic rings. The van der Waals surface area contributed by atoms with Crippen molar-refractivity contribution in [2.45, 2.75) is 0 Å². The van der Waals surface area contributed by atoms with Gasteiger partial charge in [0.1, 0.15) is 0 Å². The Morgan fingerprint density at radius 1 is 0.403 bits per heavy atom. The maximum atomic E-state index is 2.50. The number of hydrogen-bond acceptors (Lipinski definition) is 2. The van der Waals surface area contributed by atoms with Gasteiger partial charge in [0.15, 0.2) is 0 Å². The molecule has 0 bridgehead atoms. The normalized spacial score (nSPS) is 12.0. The molecular weight excluding hydrogens is 829 g/mol. The van der Waals surface area contributed by atoms with Gasteiger partial charge < -0.3 is 9.47 Å². The van der Waals surface area contributed by atoms with Crippen LogP contribution in [-0.2, 0) is 0 Å². The fraction of sp³-hybridized carbons (Fsp3) is 0. The van der Waals surface area contributed by atoms with Crippen molar-refractivity contribution in [2.75, 3.05) is 4.90 Å². The van der Waals surface area contributed by atoms with E-state index in [0.29, 0.717) is 0 Å². The van der Waals surface area contributed by atoms with Crippen LogP contribution in [0.1, 0.15) is 16.7 Å². The average Bonchev–Trinajstić information content (AvgIpc) is 3.95. The number of rotatable bonds is 8. The van der Waals surface area contributed by atoms with Gasteiger partial charge in [0.25, 0.3) is 0 Å². The van der Waals surface area contributed by atoms with Crippen molar-refractivity contribution in [3.8, 4) is 16.8 Å². The Bertz CT molecular complexity index is 4020. The summed E-state index contributed by atoms with van der Waals surface area (Å²) in [5.74, 6) is 0. The SMILES string of the molecule is C(=C(\c1cc(N(c2ccccc2)c2cccc3ccccc23)c2sc3c(-c4ccc5c6ccccc6n(-c6ccccc6)c5c4)cccc3c2c1)c1cccc2ccccc12)/c1ccccc1. The Labute approximate surface area is 393 Å². The van der Waals surface area contributed by atoms with E-state index in [9.17, 15) is 0 Å². The predicted molar refractivity (Wildman–Crippen MR) is 289 cm³/mol. The first-order chi connectivity index (χ1) is 33.2. The van der Waals surface area contributed by atoms with Gasteiger partial charge in [-0.1, -0.05) is 194 Å². The molecule has 13 rings (SSSR count). The van der Waals surface area contributed by atoms with Gasteiger partial charge in [0.2, 0.25) is 0 Å². The second-order valence-electron chi connectivity index (χ2n) is 17.2. The van der Waals surface area contributed by atoms with Crippen LogP contribution in [0, 0.1) is 0 Å². The molecule has 0 radical (unpaired) electrons. The molecule has 0 aliphatic rings. The summed E-state index contributed by atoms with van der Waals surface area (Å²) in [5, 5.41) is 9.82. The number of para-hydroxylation sites is 3. The molecule has 0 aliphatic carbocycles. The van der Waals surface area contributed by atoms with E-state index in [-0.39, 0.29) is 0 Å². The summed E-state index contributed by atoms with van der Waals surface area (Å²) in [5.41, 5.74) is 14.0. The fourth-order valence-corrected chi connectivity index (χ4v) is 11.6. The van der Waals surface area contributed by atoms with E-state index in [1.807, 2.05) is 11.3 Å². The summed E-state index contributed by atoms with van der Waals surface area (Å²) < 4.78 is 4.92. The van der Waals surface area contributed by atoms with Crippen LogP contribution in [0.5, 0.6) is 0 Å². The van der Waals surface area contributed by atoms with E-state index in [0.717, 1.165) is 33.9 Å². The molecular formula is C64H42N2S. The molecule has 11 aromatic carbocycles. The highest BCUT2D eigenvalue weighted by Crippen LogP contribution is 2.50. The van der Waals surface area contributed by atoms with E-state index in [2.05, 4.69) is 264 Å². The van der Waals surface area contributed by atoms with Crippen molar-refractivity contribution >= 4 is 104 Å². The van der Waals surface area contributed by atoms with Crippen LogP contribution in [0.2, 0.25) is 0 Å². The zero-order valence-electron chi connectivity index (χ0n) is 36.6. The minimum absolute atomic E-state index is 1.10. The van der Waals surface area contributed by atoms with Crippen LogP contribution >= 0.6 is 11.3 Å². The molecule has 3 heteroatoms. The maximum Gasteiger partial charge on any atom is 0.0646 e. The Hall–Kier alpha value is -8.50. The van der Waals surface area contributed by atoms with Crippen molar-refractivity contribution in [3.63, 3.8) is 0 Å². The number of thiophene rings is 1. The fourth-order valence-electron chi connectivity index (χ4n) is 10.3. The third kappa shape index (κ3) is 6.63. The van der Waals surface area contributed by atoms with Gasteiger partial charge in [-0.2, -0.15) is 0 Å². The molecule has 0 fully saturated rings. The second-order valence-corrected chi connectivity index (χ2v) is 18.3. The van der Waals surface area contributed by atoms with Crippen molar-refractivity contribution in [3.05, 3.63) is 265 Å². The Kier molecular flexibility index (Phi) is 9.40. The molecule has 0 saturated carbocycles. The highest BCUT2D eigenvalue weighted by molar-refractivity contribution is 7.27. The van der Waals surface area contributed by atoms with Gasteiger partial charge in [-0.3, -0.25) is 0 Å². The summed E-state index contributed by atoms with van der Waals surface area (Å²) >= 11 is 1.90. The number of nitrogens with zero attached hydrogens (tertiary/aromatic N) is 2. The Morgan fingerprint density at radius 2 is 1.01 bits per heavy atom. The first-order valence-electron chi connectivity index (χ1n) is 22.9. The van der Waals surface area contributed by atoms with Crippen LogP contribution < -0.4 is 4.90 Å². The lowest BCUT2D eigenvalue weighted by molar-refractivity contribution is 1.18. The molecule has 67 heavy (non-hydrogen) atoms. The van der Waals surface area contributed by atoms with E-state index in [4.69, 9.17) is 0 Å². The summed E-state index contributed by atoms with van der Waals surface area (Å²) in [6.45, 7) is 0. The van der Waals surface area contributed by atoms with Crippen LogP contribution in [-0.4, -0.2) is 4.57 Å². The van der Waals surface area contributed by atoms with Gasteiger partial charge in [-0.15, -0.1) is 11.3 Å². The van der Waals surface area contributed by atoms with Gasteiger partial charge in [0, 0.05) is 43.0 Å². The van der Waals surface area contributed by atoms with Crippen LogP contribution in [0.3, 0.4) is 0 Å². The standard InChI is InChI=1S/C64H42N2S/c1-4-19-43(20-5-1)39-57(53-33-16-23-44-21-10-12-29-50(44)53)47-40-58-56-34-18-32-52(46-37-38-55-54-31-14-15-35-60(54)65(61(55)41-46)48-25-6-2-7-26-48)63(56)67-64(58)62(42-47)66(49-27-8-3-9-28-49)59-36-17-24-45-22-11-13-30-51(45)59/h1-42H/b57-39-. The quantitative estimate of drug-likeness (QED) is 0.138.